The van der Waals surface area contributed by atoms with E-state index in [1.54, 1.807) is 24.3 Å². The first-order valence-electron chi connectivity index (χ1n) is 9.36. The van der Waals surface area contributed by atoms with Gasteiger partial charge in [-0.1, -0.05) is 42.7 Å². The molecule has 3 rings (SSSR count). The molecule has 2 aromatic carbocycles. The van der Waals surface area contributed by atoms with Crippen LogP contribution in [0.25, 0.3) is 0 Å². The van der Waals surface area contributed by atoms with E-state index in [9.17, 15) is 9.59 Å². The molecule has 1 aliphatic heterocycles. The molecule has 2 aromatic rings. The maximum atomic E-state index is 12.6. The molecule has 0 atom stereocenters. The third-order valence-electron chi connectivity index (χ3n) is 4.82. The molecule has 4 nitrogen and oxygen atoms in total. The topological polar surface area (TPSA) is 49.4 Å². The third kappa shape index (κ3) is 4.72. The molecule has 4 heteroatoms. The highest BCUT2D eigenvalue weighted by Gasteiger charge is 2.17. The van der Waals surface area contributed by atoms with Gasteiger partial charge in [-0.15, -0.1) is 0 Å². The molecule has 0 unspecified atom stereocenters. The molecule has 0 saturated carbocycles. The van der Waals surface area contributed by atoms with Crippen molar-refractivity contribution in [2.75, 3.05) is 13.1 Å². The van der Waals surface area contributed by atoms with Gasteiger partial charge < -0.3 is 10.2 Å². The van der Waals surface area contributed by atoms with E-state index in [1.807, 2.05) is 30.0 Å². The van der Waals surface area contributed by atoms with Crippen LogP contribution in [-0.4, -0.2) is 29.8 Å². The van der Waals surface area contributed by atoms with Crippen LogP contribution in [0.5, 0.6) is 0 Å². The predicted octanol–water partition coefficient (Wildman–Crippen LogP) is 3.94. The SMILES string of the molecule is Cc1cccc(CNC(=O)c2ccc(C(=O)N3CCCCCC3)cc2)c1. The molecule has 1 fully saturated rings. The van der Waals surface area contributed by atoms with E-state index in [4.69, 9.17) is 0 Å². The Morgan fingerprint density at radius 3 is 2.23 bits per heavy atom. The van der Waals surface area contributed by atoms with Crippen molar-refractivity contribution in [1.82, 2.24) is 10.2 Å². The molecule has 0 spiro atoms. The lowest BCUT2D eigenvalue weighted by Crippen LogP contribution is -2.31. The van der Waals surface area contributed by atoms with Gasteiger partial charge in [-0.25, -0.2) is 0 Å². The number of hydrogen-bond acceptors (Lipinski definition) is 2. The minimum Gasteiger partial charge on any atom is -0.348 e. The van der Waals surface area contributed by atoms with E-state index < -0.39 is 0 Å². The minimum absolute atomic E-state index is 0.0682. The van der Waals surface area contributed by atoms with Gasteiger partial charge in [0, 0.05) is 30.8 Å². The highest BCUT2D eigenvalue weighted by atomic mass is 16.2. The summed E-state index contributed by atoms with van der Waals surface area (Å²) in [4.78, 5) is 26.9. The molecular weight excluding hydrogens is 324 g/mol. The van der Waals surface area contributed by atoms with Crippen molar-refractivity contribution < 1.29 is 9.59 Å². The number of carbonyl (C=O) groups excluding carboxylic acids is 2. The summed E-state index contributed by atoms with van der Waals surface area (Å²) in [5, 5.41) is 2.93. The molecular formula is C22H26N2O2. The minimum atomic E-state index is -0.125. The number of carbonyl (C=O) groups is 2. The number of amides is 2. The molecule has 0 bridgehead atoms. The quantitative estimate of drug-likeness (QED) is 0.908. The van der Waals surface area contributed by atoms with E-state index in [-0.39, 0.29) is 11.8 Å². The highest BCUT2D eigenvalue weighted by Crippen LogP contribution is 2.14. The normalized spacial score (nSPS) is 14.6. The highest BCUT2D eigenvalue weighted by molar-refractivity contribution is 5.97. The van der Waals surface area contributed by atoms with Gasteiger partial charge in [0.2, 0.25) is 0 Å². The van der Waals surface area contributed by atoms with Crippen molar-refractivity contribution in [2.45, 2.75) is 39.2 Å². The average Bonchev–Trinajstić information content (AvgIpc) is 2.95. The van der Waals surface area contributed by atoms with Crippen LogP contribution < -0.4 is 5.32 Å². The average molecular weight is 350 g/mol. The molecule has 1 N–H and O–H groups in total. The van der Waals surface area contributed by atoms with Crippen LogP contribution in [0, 0.1) is 6.92 Å². The van der Waals surface area contributed by atoms with Crippen molar-refractivity contribution in [3.63, 3.8) is 0 Å². The van der Waals surface area contributed by atoms with Crippen LogP contribution in [0.3, 0.4) is 0 Å². The lowest BCUT2D eigenvalue weighted by Gasteiger charge is -2.20. The Hall–Kier alpha value is -2.62. The molecule has 2 amide bonds. The number of hydrogen-bond donors (Lipinski definition) is 1. The van der Waals surface area contributed by atoms with Crippen molar-refractivity contribution in [3.05, 3.63) is 70.8 Å². The van der Waals surface area contributed by atoms with E-state index in [0.29, 0.717) is 17.7 Å². The molecule has 0 aliphatic carbocycles. The van der Waals surface area contributed by atoms with E-state index in [0.717, 1.165) is 31.5 Å². The lowest BCUT2D eigenvalue weighted by molar-refractivity contribution is 0.0761. The van der Waals surface area contributed by atoms with Gasteiger partial charge in [0.05, 0.1) is 0 Å². The van der Waals surface area contributed by atoms with E-state index in [2.05, 4.69) is 11.4 Å². The van der Waals surface area contributed by atoms with Crippen LogP contribution in [-0.2, 0) is 6.54 Å². The van der Waals surface area contributed by atoms with Gasteiger partial charge in [-0.05, 0) is 49.6 Å². The molecule has 1 aliphatic rings. The van der Waals surface area contributed by atoms with Gasteiger partial charge in [0.25, 0.3) is 11.8 Å². The largest absolute Gasteiger partial charge is 0.348 e. The number of nitrogens with one attached hydrogen (secondary N) is 1. The zero-order valence-electron chi connectivity index (χ0n) is 15.3. The second-order valence-electron chi connectivity index (χ2n) is 6.96. The fraction of sp³-hybridized carbons (Fsp3) is 0.364. The standard InChI is InChI=1S/C22H26N2O2/c1-17-7-6-8-18(15-17)16-23-21(25)19-9-11-20(12-10-19)22(26)24-13-4-2-3-5-14-24/h6-12,15H,2-5,13-14,16H2,1H3,(H,23,25). The predicted molar refractivity (Wildman–Crippen MR) is 103 cm³/mol. The summed E-state index contributed by atoms with van der Waals surface area (Å²) < 4.78 is 0. The summed E-state index contributed by atoms with van der Waals surface area (Å²) in [5.41, 5.74) is 3.48. The number of nitrogens with zero attached hydrogens (tertiary/aromatic N) is 1. The second-order valence-corrected chi connectivity index (χ2v) is 6.96. The molecule has 0 radical (unpaired) electrons. The monoisotopic (exact) mass is 350 g/mol. The van der Waals surface area contributed by atoms with E-state index >= 15 is 0 Å². The van der Waals surface area contributed by atoms with Crippen molar-refractivity contribution in [2.24, 2.45) is 0 Å². The van der Waals surface area contributed by atoms with Crippen LogP contribution >= 0.6 is 0 Å². The zero-order chi connectivity index (χ0) is 18.4. The Morgan fingerprint density at radius 2 is 1.58 bits per heavy atom. The Morgan fingerprint density at radius 1 is 0.923 bits per heavy atom. The van der Waals surface area contributed by atoms with Gasteiger partial charge in [-0.2, -0.15) is 0 Å². The summed E-state index contributed by atoms with van der Waals surface area (Å²) >= 11 is 0. The fourth-order valence-corrected chi connectivity index (χ4v) is 3.33. The summed E-state index contributed by atoms with van der Waals surface area (Å²) in [5.74, 6) is -0.0566. The maximum absolute atomic E-state index is 12.6. The summed E-state index contributed by atoms with van der Waals surface area (Å²) in [6, 6.07) is 15.1. The Bertz CT molecular complexity index is 760. The van der Waals surface area contributed by atoms with Gasteiger partial charge in [0.1, 0.15) is 0 Å². The van der Waals surface area contributed by atoms with Crippen LogP contribution in [0.15, 0.2) is 48.5 Å². The van der Waals surface area contributed by atoms with Gasteiger partial charge in [0.15, 0.2) is 0 Å². The van der Waals surface area contributed by atoms with Crippen LogP contribution in [0.1, 0.15) is 57.5 Å². The van der Waals surface area contributed by atoms with Crippen molar-refractivity contribution in [3.8, 4) is 0 Å². The molecule has 0 aromatic heterocycles. The molecule has 26 heavy (non-hydrogen) atoms. The van der Waals surface area contributed by atoms with Crippen LogP contribution in [0.4, 0.5) is 0 Å². The Kier molecular flexibility index (Phi) is 6.05. The zero-order valence-corrected chi connectivity index (χ0v) is 15.3. The number of aryl methyl sites for hydroxylation is 1. The third-order valence-corrected chi connectivity index (χ3v) is 4.82. The van der Waals surface area contributed by atoms with Crippen molar-refractivity contribution in [1.29, 1.82) is 0 Å². The summed E-state index contributed by atoms with van der Waals surface area (Å²) in [6.07, 6.45) is 4.55. The first-order valence-corrected chi connectivity index (χ1v) is 9.36. The van der Waals surface area contributed by atoms with Crippen LogP contribution in [0.2, 0.25) is 0 Å². The summed E-state index contributed by atoms with van der Waals surface area (Å²) in [7, 11) is 0. The molecule has 1 saturated heterocycles. The maximum Gasteiger partial charge on any atom is 0.253 e. The second kappa shape index (κ2) is 8.65. The van der Waals surface area contributed by atoms with Gasteiger partial charge >= 0.3 is 0 Å². The van der Waals surface area contributed by atoms with Gasteiger partial charge in [-0.3, -0.25) is 9.59 Å². The lowest BCUT2D eigenvalue weighted by atomic mass is 10.1. The fourth-order valence-electron chi connectivity index (χ4n) is 3.33. The number of benzene rings is 2. The number of likely N-dealkylation sites (tertiary alicyclic amines) is 1. The van der Waals surface area contributed by atoms with Crippen molar-refractivity contribution >= 4 is 11.8 Å². The molecule has 1 heterocycles. The smallest absolute Gasteiger partial charge is 0.253 e. The summed E-state index contributed by atoms with van der Waals surface area (Å²) in [6.45, 7) is 4.19. The number of rotatable bonds is 4. The Labute approximate surface area is 155 Å². The van der Waals surface area contributed by atoms with E-state index in [1.165, 1.54) is 18.4 Å². The Balaban J connectivity index is 1.59. The first-order chi connectivity index (χ1) is 12.6. The molecule has 136 valence electrons. The first kappa shape index (κ1) is 18.2.